The molecule has 140 valence electrons. The number of hydrogen-bond donors (Lipinski definition) is 2. The maximum atomic E-state index is 12.8. The van der Waals surface area contributed by atoms with Crippen LogP contribution in [-0.2, 0) is 16.4 Å². The van der Waals surface area contributed by atoms with Gasteiger partial charge in [-0.2, -0.15) is 0 Å². The molecule has 2 aromatic rings. The third-order valence-electron chi connectivity index (χ3n) is 3.78. The number of aryl methyl sites for hydroxylation is 1. The molecule has 0 unspecified atom stereocenters. The minimum atomic E-state index is -3.84. The number of amides is 1. The summed E-state index contributed by atoms with van der Waals surface area (Å²) in [6, 6.07) is 11.2. The second-order valence-electron chi connectivity index (χ2n) is 6.11. The van der Waals surface area contributed by atoms with Crippen LogP contribution in [0, 0.1) is 0 Å². The van der Waals surface area contributed by atoms with Crippen LogP contribution in [0.5, 0.6) is 5.75 Å². The zero-order chi connectivity index (χ0) is 19.3. The van der Waals surface area contributed by atoms with E-state index >= 15 is 0 Å². The van der Waals surface area contributed by atoms with Crippen LogP contribution in [0.4, 0.5) is 5.69 Å². The second kappa shape index (κ2) is 8.23. The molecule has 1 amide bonds. The number of rotatable bonds is 7. The number of sulfonamides is 1. The zero-order valence-corrected chi connectivity index (χ0v) is 16.2. The fourth-order valence-corrected chi connectivity index (χ4v) is 3.64. The van der Waals surface area contributed by atoms with E-state index < -0.39 is 10.0 Å². The Labute approximate surface area is 154 Å². The summed E-state index contributed by atoms with van der Waals surface area (Å²) in [7, 11) is -2.29. The van der Waals surface area contributed by atoms with E-state index in [9.17, 15) is 13.2 Å². The number of nitrogens with one attached hydrogen (secondary N) is 2. The van der Waals surface area contributed by atoms with E-state index in [0.717, 1.165) is 5.56 Å². The smallest absolute Gasteiger partial charge is 0.261 e. The molecule has 0 aliphatic rings. The summed E-state index contributed by atoms with van der Waals surface area (Å²) in [5, 5.41) is 2.77. The first-order valence-corrected chi connectivity index (χ1v) is 9.86. The first kappa shape index (κ1) is 19.8. The molecule has 0 saturated heterocycles. The highest BCUT2D eigenvalue weighted by atomic mass is 32.2. The number of carbonyl (C=O) groups excluding carboxylic acids is 1. The van der Waals surface area contributed by atoms with E-state index in [0.29, 0.717) is 12.2 Å². The first-order valence-electron chi connectivity index (χ1n) is 8.38. The predicted molar refractivity (Wildman–Crippen MR) is 102 cm³/mol. The summed E-state index contributed by atoms with van der Waals surface area (Å²) in [4.78, 5) is 12.4. The molecule has 0 heterocycles. The molecule has 7 heteroatoms. The summed E-state index contributed by atoms with van der Waals surface area (Å²) in [5.41, 5.74) is 1.30. The van der Waals surface area contributed by atoms with Crippen LogP contribution in [0.1, 0.15) is 36.7 Å². The van der Waals surface area contributed by atoms with Gasteiger partial charge in [0.1, 0.15) is 5.75 Å². The van der Waals surface area contributed by atoms with Crippen LogP contribution in [0.2, 0.25) is 0 Å². The van der Waals surface area contributed by atoms with Gasteiger partial charge in [0.15, 0.2) is 0 Å². The molecular weight excluding hydrogens is 352 g/mol. The monoisotopic (exact) mass is 376 g/mol. The molecule has 2 N–H and O–H groups in total. The van der Waals surface area contributed by atoms with Crippen molar-refractivity contribution in [1.82, 2.24) is 5.32 Å². The zero-order valence-electron chi connectivity index (χ0n) is 15.4. The average Bonchev–Trinajstić information content (AvgIpc) is 2.60. The van der Waals surface area contributed by atoms with Crippen LogP contribution in [0.3, 0.4) is 0 Å². The predicted octanol–water partition coefficient (Wildman–Crippen LogP) is 3.20. The Morgan fingerprint density at radius 1 is 1.15 bits per heavy atom. The van der Waals surface area contributed by atoms with Gasteiger partial charge in [0.05, 0.1) is 23.3 Å². The molecule has 0 aliphatic carbocycles. The Balaban J connectivity index is 2.37. The number of hydrogen-bond acceptors (Lipinski definition) is 4. The van der Waals surface area contributed by atoms with Crippen molar-refractivity contribution in [2.75, 3.05) is 11.8 Å². The van der Waals surface area contributed by atoms with E-state index in [4.69, 9.17) is 4.74 Å². The highest BCUT2D eigenvalue weighted by molar-refractivity contribution is 7.92. The van der Waals surface area contributed by atoms with E-state index in [-0.39, 0.29) is 28.1 Å². The molecule has 0 aliphatic heterocycles. The molecule has 2 rings (SSSR count). The summed E-state index contributed by atoms with van der Waals surface area (Å²) in [5.74, 6) is 0.311. The van der Waals surface area contributed by atoms with Crippen molar-refractivity contribution < 1.29 is 17.9 Å². The SMILES string of the molecule is CCc1cc(S(=O)(=O)Nc2ccccc2C(=O)NC(C)C)ccc1OC. The fraction of sp³-hybridized carbons (Fsp3) is 0.316. The molecule has 0 radical (unpaired) electrons. The second-order valence-corrected chi connectivity index (χ2v) is 7.79. The van der Waals surface area contributed by atoms with Crippen LogP contribution in [-0.4, -0.2) is 27.5 Å². The maximum absolute atomic E-state index is 12.8. The van der Waals surface area contributed by atoms with Crippen LogP contribution in [0.25, 0.3) is 0 Å². The summed E-state index contributed by atoms with van der Waals surface area (Å²) in [6.07, 6.45) is 0.639. The van der Waals surface area contributed by atoms with Gasteiger partial charge in [-0.3, -0.25) is 9.52 Å². The Kier molecular flexibility index (Phi) is 6.26. The van der Waals surface area contributed by atoms with E-state index in [1.807, 2.05) is 20.8 Å². The third kappa shape index (κ3) is 4.54. The minimum absolute atomic E-state index is 0.0548. The normalized spacial score (nSPS) is 11.3. The molecule has 0 aromatic heterocycles. The van der Waals surface area contributed by atoms with Crippen molar-refractivity contribution in [2.45, 2.75) is 38.1 Å². The van der Waals surface area contributed by atoms with Crippen LogP contribution < -0.4 is 14.8 Å². The molecule has 6 nitrogen and oxygen atoms in total. The number of anilines is 1. The van der Waals surface area contributed by atoms with Gasteiger partial charge < -0.3 is 10.1 Å². The van der Waals surface area contributed by atoms with Gasteiger partial charge in [-0.25, -0.2) is 8.42 Å². The van der Waals surface area contributed by atoms with Gasteiger partial charge in [-0.05, 0) is 56.2 Å². The van der Waals surface area contributed by atoms with Gasteiger partial charge in [-0.15, -0.1) is 0 Å². The van der Waals surface area contributed by atoms with Gasteiger partial charge >= 0.3 is 0 Å². The maximum Gasteiger partial charge on any atom is 0.261 e. The largest absolute Gasteiger partial charge is 0.496 e. The fourth-order valence-electron chi connectivity index (χ4n) is 2.51. The highest BCUT2D eigenvalue weighted by Crippen LogP contribution is 2.25. The lowest BCUT2D eigenvalue weighted by atomic mass is 10.1. The standard InChI is InChI=1S/C19H24N2O4S/c1-5-14-12-15(10-11-18(14)25-4)26(23,24)21-17-9-7-6-8-16(17)19(22)20-13(2)3/h6-13,21H,5H2,1-4H3,(H,20,22). The number of methoxy groups -OCH3 is 1. The van der Waals surface area contributed by atoms with Crippen molar-refractivity contribution in [3.05, 3.63) is 53.6 Å². The number of para-hydroxylation sites is 1. The van der Waals surface area contributed by atoms with Crippen LogP contribution >= 0.6 is 0 Å². The topological polar surface area (TPSA) is 84.5 Å². The summed E-state index contributed by atoms with van der Waals surface area (Å²) < 4.78 is 33.3. The number of benzene rings is 2. The molecule has 2 aromatic carbocycles. The highest BCUT2D eigenvalue weighted by Gasteiger charge is 2.20. The first-order chi connectivity index (χ1) is 12.3. The van der Waals surface area contributed by atoms with E-state index in [1.54, 1.807) is 43.5 Å². The lowest BCUT2D eigenvalue weighted by molar-refractivity contribution is 0.0944. The van der Waals surface area contributed by atoms with Gasteiger partial charge in [-0.1, -0.05) is 19.1 Å². The molecule has 26 heavy (non-hydrogen) atoms. The van der Waals surface area contributed by atoms with Gasteiger partial charge in [0, 0.05) is 6.04 Å². The molecule has 0 atom stereocenters. The van der Waals surface area contributed by atoms with Crippen molar-refractivity contribution in [2.24, 2.45) is 0 Å². The lowest BCUT2D eigenvalue weighted by Gasteiger charge is -2.15. The quantitative estimate of drug-likeness (QED) is 0.777. The van der Waals surface area contributed by atoms with Gasteiger partial charge in [0.2, 0.25) is 0 Å². The van der Waals surface area contributed by atoms with E-state index in [2.05, 4.69) is 10.0 Å². The van der Waals surface area contributed by atoms with Gasteiger partial charge in [0.25, 0.3) is 15.9 Å². The Bertz CT molecular complexity index is 892. The minimum Gasteiger partial charge on any atom is -0.496 e. The van der Waals surface area contributed by atoms with E-state index in [1.165, 1.54) is 6.07 Å². The number of carbonyl (C=O) groups is 1. The lowest BCUT2D eigenvalue weighted by Crippen LogP contribution is -2.31. The van der Waals surface area contributed by atoms with Crippen molar-refractivity contribution >= 4 is 21.6 Å². The molecule has 0 bridgehead atoms. The molecule has 0 fully saturated rings. The van der Waals surface area contributed by atoms with Crippen molar-refractivity contribution in [1.29, 1.82) is 0 Å². The molecule has 0 spiro atoms. The average molecular weight is 376 g/mol. The molecule has 0 saturated carbocycles. The Morgan fingerprint density at radius 2 is 1.85 bits per heavy atom. The van der Waals surface area contributed by atoms with Crippen molar-refractivity contribution in [3.8, 4) is 5.75 Å². The van der Waals surface area contributed by atoms with Crippen LogP contribution in [0.15, 0.2) is 47.4 Å². The summed E-state index contributed by atoms with van der Waals surface area (Å²) in [6.45, 7) is 5.61. The van der Waals surface area contributed by atoms with Crippen molar-refractivity contribution in [3.63, 3.8) is 0 Å². The Hall–Kier alpha value is -2.54. The summed E-state index contributed by atoms with van der Waals surface area (Å²) >= 11 is 0. The Morgan fingerprint density at radius 3 is 2.46 bits per heavy atom. The molecular formula is C19H24N2O4S. The number of ether oxygens (including phenoxy) is 1. The third-order valence-corrected chi connectivity index (χ3v) is 5.14.